The second-order valence-electron chi connectivity index (χ2n) is 5.43. The summed E-state index contributed by atoms with van der Waals surface area (Å²) >= 11 is 0. The molecule has 5 nitrogen and oxygen atoms in total. The molecule has 1 aliphatic heterocycles. The molecule has 20 heavy (non-hydrogen) atoms. The molecular formula is C15H26N4O. The summed E-state index contributed by atoms with van der Waals surface area (Å²) in [5.41, 5.74) is 0.982. The lowest BCUT2D eigenvalue weighted by atomic mass is 10.1. The summed E-state index contributed by atoms with van der Waals surface area (Å²) in [4.78, 5) is 14.3. The van der Waals surface area contributed by atoms with Crippen molar-refractivity contribution in [3.63, 3.8) is 0 Å². The number of rotatable bonds is 7. The second kappa shape index (κ2) is 8.04. The van der Waals surface area contributed by atoms with E-state index in [-0.39, 0.29) is 5.56 Å². The Balaban J connectivity index is 1.87. The second-order valence-corrected chi connectivity index (χ2v) is 5.43. The Kier molecular flexibility index (Phi) is 6.05. The van der Waals surface area contributed by atoms with E-state index in [1.54, 1.807) is 10.7 Å². The summed E-state index contributed by atoms with van der Waals surface area (Å²) in [5, 5.41) is 7.62. The molecule has 1 fully saturated rings. The van der Waals surface area contributed by atoms with Crippen LogP contribution in [0.1, 0.15) is 39.0 Å². The molecule has 1 N–H and O–H groups in total. The van der Waals surface area contributed by atoms with Gasteiger partial charge >= 0.3 is 0 Å². The average Bonchev–Trinajstić information content (AvgIpc) is 2.49. The van der Waals surface area contributed by atoms with Gasteiger partial charge in [-0.05, 0) is 32.2 Å². The van der Waals surface area contributed by atoms with Gasteiger partial charge in [-0.15, -0.1) is 0 Å². The molecule has 1 saturated heterocycles. The van der Waals surface area contributed by atoms with Crippen LogP contribution < -0.4 is 15.8 Å². The van der Waals surface area contributed by atoms with Gasteiger partial charge in [0.25, 0.3) is 5.56 Å². The van der Waals surface area contributed by atoms with Gasteiger partial charge in [0.1, 0.15) is 0 Å². The standard InChI is InChI=1S/C15H26N4O/c1-2-3-7-16-8-11-19-15(20)12-14(13-17-19)18-9-5-4-6-10-18/h12-13,16H,2-11H2,1H3. The van der Waals surface area contributed by atoms with E-state index in [2.05, 4.69) is 22.2 Å². The highest BCUT2D eigenvalue weighted by atomic mass is 16.1. The van der Waals surface area contributed by atoms with Crippen molar-refractivity contribution in [2.24, 2.45) is 0 Å². The van der Waals surface area contributed by atoms with Crippen LogP contribution in [0.3, 0.4) is 0 Å². The number of aromatic nitrogens is 2. The molecule has 1 aliphatic rings. The molecule has 0 aromatic carbocycles. The topological polar surface area (TPSA) is 50.2 Å². The fourth-order valence-electron chi connectivity index (χ4n) is 2.53. The highest BCUT2D eigenvalue weighted by Gasteiger charge is 2.12. The van der Waals surface area contributed by atoms with Gasteiger partial charge in [0.05, 0.1) is 18.4 Å². The third-order valence-corrected chi connectivity index (χ3v) is 3.78. The van der Waals surface area contributed by atoms with Crippen molar-refractivity contribution in [2.75, 3.05) is 31.1 Å². The molecule has 2 heterocycles. The maximum absolute atomic E-state index is 12.0. The molecule has 0 aliphatic carbocycles. The fraction of sp³-hybridized carbons (Fsp3) is 0.733. The molecule has 2 rings (SSSR count). The van der Waals surface area contributed by atoms with Gasteiger partial charge in [-0.2, -0.15) is 5.10 Å². The van der Waals surface area contributed by atoms with E-state index in [4.69, 9.17) is 0 Å². The first kappa shape index (κ1) is 15.0. The molecule has 112 valence electrons. The van der Waals surface area contributed by atoms with Gasteiger partial charge in [-0.1, -0.05) is 13.3 Å². The van der Waals surface area contributed by atoms with Crippen LogP contribution in [0.2, 0.25) is 0 Å². The number of hydrogen-bond donors (Lipinski definition) is 1. The van der Waals surface area contributed by atoms with Crippen molar-refractivity contribution in [1.29, 1.82) is 0 Å². The maximum Gasteiger partial charge on any atom is 0.268 e. The van der Waals surface area contributed by atoms with Crippen LogP contribution in [-0.4, -0.2) is 36.0 Å². The highest BCUT2D eigenvalue weighted by Crippen LogP contribution is 2.16. The summed E-state index contributed by atoms with van der Waals surface area (Å²) in [6.45, 7) is 6.72. The summed E-state index contributed by atoms with van der Waals surface area (Å²) < 4.78 is 1.55. The van der Waals surface area contributed by atoms with Crippen LogP contribution in [0.4, 0.5) is 5.69 Å². The van der Waals surface area contributed by atoms with E-state index >= 15 is 0 Å². The minimum absolute atomic E-state index is 0.00497. The first-order valence-electron chi connectivity index (χ1n) is 7.84. The average molecular weight is 278 g/mol. The van der Waals surface area contributed by atoms with Gasteiger partial charge < -0.3 is 10.2 Å². The molecular weight excluding hydrogens is 252 g/mol. The van der Waals surface area contributed by atoms with E-state index in [1.165, 1.54) is 32.1 Å². The Bertz CT molecular complexity index is 451. The molecule has 5 heteroatoms. The van der Waals surface area contributed by atoms with E-state index in [0.29, 0.717) is 6.54 Å². The normalized spacial score (nSPS) is 15.6. The lowest BCUT2D eigenvalue weighted by Gasteiger charge is -2.28. The van der Waals surface area contributed by atoms with Crippen LogP contribution in [0.25, 0.3) is 0 Å². The third-order valence-electron chi connectivity index (χ3n) is 3.78. The number of piperidine rings is 1. The van der Waals surface area contributed by atoms with Gasteiger partial charge in [-0.3, -0.25) is 4.79 Å². The number of unbranched alkanes of at least 4 members (excludes halogenated alkanes) is 1. The SMILES string of the molecule is CCCCNCCn1ncc(N2CCCCC2)cc1=O. The van der Waals surface area contributed by atoms with Gasteiger partial charge in [0, 0.05) is 25.7 Å². The van der Waals surface area contributed by atoms with Crippen molar-refractivity contribution in [3.05, 3.63) is 22.6 Å². The van der Waals surface area contributed by atoms with E-state index < -0.39 is 0 Å². The molecule has 1 aromatic heterocycles. The molecule has 0 spiro atoms. The highest BCUT2D eigenvalue weighted by molar-refractivity contribution is 5.43. The minimum Gasteiger partial charge on any atom is -0.370 e. The summed E-state index contributed by atoms with van der Waals surface area (Å²) in [6, 6.07) is 1.73. The zero-order valence-corrected chi connectivity index (χ0v) is 12.5. The van der Waals surface area contributed by atoms with Gasteiger partial charge in [0.2, 0.25) is 0 Å². The number of nitrogens with one attached hydrogen (secondary N) is 1. The van der Waals surface area contributed by atoms with Crippen LogP contribution in [-0.2, 0) is 6.54 Å². The Morgan fingerprint density at radius 3 is 2.75 bits per heavy atom. The summed E-state index contributed by atoms with van der Waals surface area (Å²) in [6.07, 6.45) is 7.92. The quantitative estimate of drug-likeness (QED) is 0.770. The number of hydrogen-bond acceptors (Lipinski definition) is 4. The van der Waals surface area contributed by atoms with Crippen LogP contribution in [0, 0.1) is 0 Å². The Hall–Kier alpha value is -1.36. The van der Waals surface area contributed by atoms with Crippen LogP contribution >= 0.6 is 0 Å². The van der Waals surface area contributed by atoms with Crippen LogP contribution in [0.5, 0.6) is 0 Å². The van der Waals surface area contributed by atoms with Crippen molar-refractivity contribution in [2.45, 2.75) is 45.6 Å². The Labute approximate surface area is 121 Å². The number of anilines is 1. The third kappa shape index (κ3) is 4.34. The molecule has 0 atom stereocenters. The van der Waals surface area contributed by atoms with Crippen molar-refractivity contribution >= 4 is 5.69 Å². The van der Waals surface area contributed by atoms with Crippen molar-refractivity contribution < 1.29 is 0 Å². The van der Waals surface area contributed by atoms with E-state index in [1.807, 2.05) is 6.20 Å². The lowest BCUT2D eigenvalue weighted by molar-refractivity contribution is 0.522. The van der Waals surface area contributed by atoms with Crippen LogP contribution in [0.15, 0.2) is 17.1 Å². The Morgan fingerprint density at radius 2 is 2.05 bits per heavy atom. The number of nitrogens with zero attached hydrogens (tertiary/aromatic N) is 3. The molecule has 0 unspecified atom stereocenters. The zero-order chi connectivity index (χ0) is 14.2. The lowest BCUT2D eigenvalue weighted by Crippen LogP contribution is -2.33. The minimum atomic E-state index is 0.00497. The van der Waals surface area contributed by atoms with Gasteiger partial charge in [0.15, 0.2) is 0 Å². The Morgan fingerprint density at radius 1 is 1.25 bits per heavy atom. The molecule has 0 radical (unpaired) electrons. The smallest absolute Gasteiger partial charge is 0.268 e. The summed E-state index contributed by atoms with van der Waals surface area (Å²) in [7, 11) is 0. The maximum atomic E-state index is 12.0. The molecule has 0 bridgehead atoms. The zero-order valence-electron chi connectivity index (χ0n) is 12.5. The monoisotopic (exact) mass is 278 g/mol. The molecule has 1 aromatic rings. The first-order chi connectivity index (χ1) is 9.81. The van der Waals surface area contributed by atoms with Gasteiger partial charge in [-0.25, -0.2) is 4.68 Å². The van der Waals surface area contributed by atoms with Crippen molar-refractivity contribution in [1.82, 2.24) is 15.1 Å². The molecule has 0 amide bonds. The summed E-state index contributed by atoms with van der Waals surface area (Å²) in [5.74, 6) is 0. The fourth-order valence-corrected chi connectivity index (χ4v) is 2.53. The van der Waals surface area contributed by atoms with E-state index in [9.17, 15) is 4.79 Å². The molecule has 0 saturated carbocycles. The largest absolute Gasteiger partial charge is 0.370 e. The predicted octanol–water partition coefficient (Wildman–Crippen LogP) is 1.62. The van der Waals surface area contributed by atoms with E-state index in [0.717, 1.165) is 31.9 Å². The predicted molar refractivity (Wildman–Crippen MR) is 82.3 cm³/mol. The van der Waals surface area contributed by atoms with Crippen molar-refractivity contribution in [3.8, 4) is 0 Å². The first-order valence-corrected chi connectivity index (χ1v) is 7.84.